The molecule has 3 heterocycles. The summed E-state index contributed by atoms with van der Waals surface area (Å²) in [6, 6.07) is 13.4. The average Bonchev–Trinajstić information content (AvgIpc) is 3.52. The predicted octanol–water partition coefficient (Wildman–Crippen LogP) is 4.32. The van der Waals surface area contributed by atoms with Crippen LogP contribution in [0.2, 0.25) is 0 Å². The Morgan fingerprint density at radius 1 is 1.03 bits per heavy atom. The van der Waals surface area contributed by atoms with Gasteiger partial charge >= 0.3 is 0 Å². The Balaban J connectivity index is 1.68. The van der Waals surface area contributed by atoms with E-state index in [4.69, 9.17) is 18.3 Å². The van der Waals surface area contributed by atoms with Gasteiger partial charge in [-0.15, -0.1) is 0 Å². The molecule has 1 fully saturated rings. The Hall–Kier alpha value is -3.56. The highest BCUT2D eigenvalue weighted by molar-refractivity contribution is 5.96. The molecule has 0 unspecified atom stereocenters. The molecule has 0 bridgehead atoms. The molecule has 0 spiro atoms. The van der Waals surface area contributed by atoms with E-state index in [1.807, 2.05) is 58.0 Å². The van der Waals surface area contributed by atoms with Crippen LogP contribution < -0.4 is 10.1 Å². The van der Waals surface area contributed by atoms with Crippen molar-refractivity contribution in [2.45, 2.75) is 52.4 Å². The molecule has 1 saturated heterocycles. The van der Waals surface area contributed by atoms with Crippen LogP contribution in [-0.2, 0) is 22.6 Å². The summed E-state index contributed by atoms with van der Waals surface area (Å²) >= 11 is 0. The van der Waals surface area contributed by atoms with Crippen LogP contribution in [0.1, 0.15) is 60.2 Å². The van der Waals surface area contributed by atoms with Crippen LogP contribution in [-0.4, -0.2) is 60.6 Å². The second kappa shape index (κ2) is 11.9. The van der Waals surface area contributed by atoms with Crippen molar-refractivity contribution in [3.8, 4) is 5.75 Å². The molecule has 1 aromatic carbocycles. The molecule has 0 radical (unpaired) electrons. The Kier molecular flexibility index (Phi) is 8.58. The number of furan rings is 2. The minimum atomic E-state index is -1.01. The number of benzene rings is 1. The van der Waals surface area contributed by atoms with Crippen molar-refractivity contribution in [2.75, 3.05) is 33.4 Å². The highest BCUT2D eigenvalue weighted by Gasteiger charge is 2.37. The van der Waals surface area contributed by atoms with E-state index in [1.165, 1.54) is 4.90 Å². The maximum Gasteiger partial charge on any atom is 0.290 e. The SMILES string of the molecule is COc1ccc(CN(C(=O)c2ccc(CN3CCOCC3)o2)[C@H](C(=O)NC(C)(C)C)c2ccc(C)o2)cc1. The van der Waals surface area contributed by atoms with E-state index in [2.05, 4.69) is 10.2 Å². The molecule has 9 heteroatoms. The summed E-state index contributed by atoms with van der Waals surface area (Å²) in [6.07, 6.45) is 0. The molecule has 0 saturated carbocycles. The third-order valence-electron chi connectivity index (χ3n) is 6.22. The van der Waals surface area contributed by atoms with Crippen LogP contribution in [0.4, 0.5) is 0 Å². The molecule has 2 amide bonds. The van der Waals surface area contributed by atoms with Crippen molar-refractivity contribution in [1.82, 2.24) is 15.1 Å². The van der Waals surface area contributed by atoms with Crippen molar-refractivity contribution < 1.29 is 27.9 Å². The van der Waals surface area contributed by atoms with Crippen LogP contribution in [0.25, 0.3) is 0 Å². The minimum absolute atomic E-state index is 0.157. The predicted molar refractivity (Wildman–Crippen MR) is 142 cm³/mol. The van der Waals surface area contributed by atoms with Gasteiger partial charge in [0.1, 0.15) is 23.0 Å². The maximum absolute atomic E-state index is 14.0. The Bertz CT molecular complexity index is 1220. The molecule has 3 aromatic rings. The number of morpholine rings is 1. The average molecular weight is 524 g/mol. The first-order valence-electron chi connectivity index (χ1n) is 12.8. The number of methoxy groups -OCH3 is 1. The van der Waals surface area contributed by atoms with Crippen molar-refractivity contribution in [1.29, 1.82) is 0 Å². The van der Waals surface area contributed by atoms with E-state index in [1.54, 1.807) is 25.3 Å². The summed E-state index contributed by atoms with van der Waals surface area (Å²) in [5.41, 5.74) is 0.318. The maximum atomic E-state index is 14.0. The zero-order valence-electron chi connectivity index (χ0n) is 22.8. The monoisotopic (exact) mass is 523 g/mol. The number of nitrogens with zero attached hydrogens (tertiary/aromatic N) is 2. The Labute approximate surface area is 223 Å². The number of rotatable bonds is 9. The lowest BCUT2D eigenvalue weighted by Gasteiger charge is -2.32. The molecule has 9 nitrogen and oxygen atoms in total. The minimum Gasteiger partial charge on any atom is -0.497 e. The summed E-state index contributed by atoms with van der Waals surface area (Å²) in [5.74, 6) is 1.84. The first-order chi connectivity index (χ1) is 18.1. The van der Waals surface area contributed by atoms with Crippen LogP contribution in [0.5, 0.6) is 5.75 Å². The fraction of sp³-hybridized carbons (Fsp3) is 0.448. The quantitative estimate of drug-likeness (QED) is 0.446. The molecule has 1 atom stereocenters. The number of carbonyl (C=O) groups is 2. The molecule has 204 valence electrons. The van der Waals surface area contributed by atoms with Gasteiger partial charge in [-0.1, -0.05) is 12.1 Å². The van der Waals surface area contributed by atoms with Gasteiger partial charge in [0.15, 0.2) is 11.8 Å². The smallest absolute Gasteiger partial charge is 0.290 e. The highest BCUT2D eigenvalue weighted by atomic mass is 16.5. The number of carbonyl (C=O) groups excluding carboxylic acids is 2. The lowest BCUT2D eigenvalue weighted by atomic mass is 10.1. The normalized spacial score (nSPS) is 15.2. The molecule has 4 rings (SSSR count). The van der Waals surface area contributed by atoms with E-state index >= 15 is 0 Å². The van der Waals surface area contributed by atoms with Crippen LogP contribution in [0.15, 0.2) is 57.4 Å². The molecular formula is C29H37N3O6. The molecule has 0 aliphatic carbocycles. The van der Waals surface area contributed by atoms with Crippen molar-refractivity contribution in [3.05, 3.63) is 77.1 Å². The number of aryl methyl sites for hydroxylation is 1. The van der Waals surface area contributed by atoms with Crippen molar-refractivity contribution in [2.24, 2.45) is 0 Å². The summed E-state index contributed by atoms with van der Waals surface area (Å²) in [4.78, 5) is 31.4. The van der Waals surface area contributed by atoms with E-state index in [0.29, 0.717) is 42.8 Å². The molecule has 1 aliphatic heterocycles. The molecular weight excluding hydrogens is 486 g/mol. The second-order valence-corrected chi connectivity index (χ2v) is 10.5. The summed E-state index contributed by atoms with van der Waals surface area (Å²) in [6.45, 7) is 11.2. The van der Waals surface area contributed by atoms with Gasteiger partial charge in [0.05, 0.1) is 26.9 Å². The van der Waals surface area contributed by atoms with Gasteiger partial charge in [-0.05, 0) is 69.7 Å². The van der Waals surface area contributed by atoms with Gasteiger partial charge in [-0.25, -0.2) is 0 Å². The number of nitrogens with one attached hydrogen (secondary N) is 1. The first kappa shape index (κ1) is 27.5. The van der Waals surface area contributed by atoms with Crippen LogP contribution in [0, 0.1) is 6.92 Å². The van der Waals surface area contributed by atoms with Crippen LogP contribution >= 0.6 is 0 Å². The number of ether oxygens (including phenoxy) is 2. The lowest BCUT2D eigenvalue weighted by molar-refractivity contribution is -0.128. The van der Waals surface area contributed by atoms with E-state index in [0.717, 1.165) is 18.7 Å². The number of hydrogen-bond acceptors (Lipinski definition) is 7. The Morgan fingerprint density at radius 2 is 1.74 bits per heavy atom. The fourth-order valence-electron chi connectivity index (χ4n) is 4.37. The lowest BCUT2D eigenvalue weighted by Crippen LogP contribution is -2.49. The van der Waals surface area contributed by atoms with E-state index in [9.17, 15) is 9.59 Å². The summed E-state index contributed by atoms with van der Waals surface area (Å²) < 4.78 is 22.6. The van der Waals surface area contributed by atoms with Gasteiger partial charge in [0.2, 0.25) is 0 Å². The molecule has 1 aliphatic rings. The highest BCUT2D eigenvalue weighted by Crippen LogP contribution is 2.29. The Morgan fingerprint density at radius 3 is 2.34 bits per heavy atom. The third kappa shape index (κ3) is 7.05. The van der Waals surface area contributed by atoms with Crippen LogP contribution in [0.3, 0.4) is 0 Å². The topological polar surface area (TPSA) is 97.4 Å². The van der Waals surface area contributed by atoms with Crippen molar-refractivity contribution in [3.63, 3.8) is 0 Å². The van der Waals surface area contributed by atoms with Gasteiger partial charge in [-0.2, -0.15) is 0 Å². The molecule has 1 N–H and O–H groups in total. The van der Waals surface area contributed by atoms with E-state index in [-0.39, 0.29) is 18.2 Å². The number of hydrogen-bond donors (Lipinski definition) is 1. The zero-order valence-corrected chi connectivity index (χ0v) is 22.8. The summed E-state index contributed by atoms with van der Waals surface area (Å²) in [5, 5.41) is 3.02. The second-order valence-electron chi connectivity index (χ2n) is 10.5. The molecule has 38 heavy (non-hydrogen) atoms. The largest absolute Gasteiger partial charge is 0.497 e. The van der Waals surface area contributed by atoms with Crippen molar-refractivity contribution >= 4 is 11.8 Å². The van der Waals surface area contributed by atoms with Gasteiger partial charge < -0.3 is 28.5 Å². The summed E-state index contributed by atoms with van der Waals surface area (Å²) in [7, 11) is 1.60. The third-order valence-corrected chi connectivity index (χ3v) is 6.22. The zero-order chi connectivity index (χ0) is 27.3. The number of amides is 2. The van der Waals surface area contributed by atoms with Gasteiger partial charge in [-0.3, -0.25) is 14.5 Å². The van der Waals surface area contributed by atoms with Gasteiger partial charge in [0, 0.05) is 25.2 Å². The van der Waals surface area contributed by atoms with Gasteiger partial charge in [0.25, 0.3) is 11.8 Å². The fourth-order valence-corrected chi connectivity index (χ4v) is 4.37. The first-order valence-corrected chi connectivity index (χ1v) is 12.8. The molecule has 2 aromatic heterocycles. The van der Waals surface area contributed by atoms with E-state index < -0.39 is 17.5 Å². The standard InChI is InChI=1S/C29H37N3O6/c1-20-6-12-24(37-20)26(27(33)30-29(2,3)4)32(18-21-7-9-22(35-5)10-8-21)28(34)25-13-11-23(38-25)19-31-14-16-36-17-15-31/h6-13,26H,14-19H2,1-5H3,(H,30,33)/t26-/m0/s1.